The van der Waals surface area contributed by atoms with E-state index in [1.54, 1.807) is 0 Å². The van der Waals surface area contributed by atoms with Crippen LogP contribution in [0.15, 0.2) is 0 Å². The summed E-state index contributed by atoms with van der Waals surface area (Å²) in [5.74, 6) is -2.31. The fourth-order valence-corrected chi connectivity index (χ4v) is 3.72. The summed E-state index contributed by atoms with van der Waals surface area (Å²) in [5.41, 5.74) is -0.849. The van der Waals surface area contributed by atoms with Gasteiger partial charge >= 0.3 is 17.9 Å². The number of carbonyl (C=O) groups is 6. The number of hydrogen-bond donors (Lipinski definition) is 0. The molecule has 15 heteroatoms. The summed E-state index contributed by atoms with van der Waals surface area (Å²) in [6.45, 7) is 10.4. The molecule has 0 radical (unpaired) electrons. The monoisotopic (exact) mass is 614 g/mol. The minimum absolute atomic E-state index is 0.0144. The molecule has 0 aromatic heterocycles. The predicted molar refractivity (Wildman–Crippen MR) is 147 cm³/mol. The number of rotatable bonds is 19. The molecule has 0 aliphatic heterocycles. The van der Waals surface area contributed by atoms with Crippen molar-refractivity contribution in [1.29, 1.82) is 0 Å². The van der Waals surface area contributed by atoms with E-state index in [0.717, 1.165) is 35.3 Å². The van der Waals surface area contributed by atoms with Gasteiger partial charge in [0.05, 0.1) is 37.1 Å². The van der Waals surface area contributed by atoms with E-state index in [1.165, 1.54) is 41.5 Å². The third-order valence-electron chi connectivity index (χ3n) is 4.69. The molecule has 0 heterocycles. The normalized spacial score (nSPS) is 14.8. The van der Waals surface area contributed by atoms with Crippen LogP contribution >= 0.6 is 35.3 Å². The highest BCUT2D eigenvalue weighted by molar-refractivity contribution is 8.14. The molecule has 224 valence electrons. The smallest absolute Gasteiger partial charge is 0.318 e. The van der Waals surface area contributed by atoms with Gasteiger partial charge in [0.15, 0.2) is 34.2 Å². The lowest BCUT2D eigenvalue weighted by Gasteiger charge is -2.34. The molecule has 12 nitrogen and oxygen atoms in total. The summed E-state index contributed by atoms with van der Waals surface area (Å²) >= 11 is 2.46. The Labute approximate surface area is 241 Å². The Morgan fingerprint density at radius 3 is 1.03 bits per heavy atom. The third-order valence-corrected chi connectivity index (χ3v) is 7.05. The van der Waals surface area contributed by atoms with Crippen LogP contribution < -0.4 is 0 Å². The molecule has 0 saturated heterocycles. The van der Waals surface area contributed by atoms with Gasteiger partial charge in [-0.1, -0.05) is 42.2 Å². The Hall–Kier alpha value is -1.65. The van der Waals surface area contributed by atoms with Crippen molar-refractivity contribution < 1.29 is 57.2 Å². The highest BCUT2D eigenvalue weighted by Gasteiger charge is 2.33. The van der Waals surface area contributed by atoms with E-state index in [4.69, 9.17) is 28.4 Å². The van der Waals surface area contributed by atoms with Crippen molar-refractivity contribution in [3.8, 4) is 0 Å². The molecule has 0 N–H and O–H groups in total. The second-order valence-corrected chi connectivity index (χ2v) is 11.8. The predicted octanol–water partition coefficient (Wildman–Crippen LogP) is 2.94. The zero-order valence-electron chi connectivity index (χ0n) is 23.3. The topological polar surface area (TPSA) is 158 Å². The van der Waals surface area contributed by atoms with E-state index >= 15 is 0 Å². The lowest BCUT2D eigenvalue weighted by atomic mass is 9.88. The van der Waals surface area contributed by atoms with Gasteiger partial charge in [0.1, 0.15) is 0 Å². The maximum absolute atomic E-state index is 11.9. The van der Waals surface area contributed by atoms with Crippen LogP contribution in [0.2, 0.25) is 0 Å². The van der Waals surface area contributed by atoms with Crippen molar-refractivity contribution >= 4 is 68.5 Å². The van der Waals surface area contributed by atoms with Gasteiger partial charge in [-0.3, -0.25) is 28.8 Å². The van der Waals surface area contributed by atoms with Crippen LogP contribution in [0.1, 0.15) is 54.9 Å². The van der Waals surface area contributed by atoms with E-state index in [-0.39, 0.29) is 52.4 Å². The largest absolute Gasteiger partial charge is 0.435 e. The Morgan fingerprint density at radius 1 is 0.564 bits per heavy atom. The van der Waals surface area contributed by atoms with Crippen molar-refractivity contribution in [3.05, 3.63) is 0 Å². The maximum Gasteiger partial charge on any atom is 0.318 e. The molecule has 39 heavy (non-hydrogen) atoms. The highest BCUT2D eigenvalue weighted by Crippen LogP contribution is 2.26. The Balaban J connectivity index is 5.20. The molecule has 0 amide bonds. The first-order valence-corrected chi connectivity index (χ1v) is 15.0. The van der Waals surface area contributed by atoms with Gasteiger partial charge in [-0.15, -0.1) is 0 Å². The molecule has 0 aromatic rings. The fraction of sp³-hybridized carbons (Fsp3) is 0.750. The summed E-state index contributed by atoms with van der Waals surface area (Å²) in [4.78, 5) is 68.9. The number of carbonyl (C=O) groups excluding carboxylic acids is 6. The highest BCUT2D eigenvalue weighted by atomic mass is 32.2. The fourth-order valence-electron chi connectivity index (χ4n) is 2.55. The molecule has 0 spiro atoms. The van der Waals surface area contributed by atoms with Crippen LogP contribution in [0.4, 0.5) is 0 Å². The van der Waals surface area contributed by atoms with Gasteiger partial charge in [0.2, 0.25) is 0 Å². The second-order valence-electron chi connectivity index (χ2n) is 8.30. The molecule has 0 rings (SSSR count). The van der Waals surface area contributed by atoms with E-state index in [2.05, 4.69) is 0 Å². The molecule has 3 atom stereocenters. The number of esters is 3. The van der Waals surface area contributed by atoms with Gasteiger partial charge in [-0.2, -0.15) is 0 Å². The van der Waals surface area contributed by atoms with Gasteiger partial charge in [-0.05, 0) is 27.2 Å². The number of ether oxygens (including phenoxy) is 6. The summed E-state index contributed by atoms with van der Waals surface area (Å²) in [6.07, 6.45) is -2.41. The standard InChI is InChI=1S/C24H38O12S3/c1-8-24(12-31-18(5)34-21(28)9-37-15(2)25,13-32-19(6)35-22(29)10-38-16(3)26)14-33-20(7)36-23(30)11-39-17(4)27/h18-20H,8-14H2,1-7H3. The average Bonchev–Trinajstić information content (AvgIpc) is 2.84. The van der Waals surface area contributed by atoms with Crippen LogP contribution in [-0.4, -0.2) is 89.2 Å². The zero-order chi connectivity index (χ0) is 30.0. The summed E-state index contributed by atoms with van der Waals surface area (Å²) in [7, 11) is 0. The average molecular weight is 615 g/mol. The summed E-state index contributed by atoms with van der Waals surface area (Å²) in [5, 5.41) is -0.655. The summed E-state index contributed by atoms with van der Waals surface area (Å²) < 4.78 is 32.7. The van der Waals surface area contributed by atoms with E-state index in [1.807, 2.05) is 6.92 Å². The Morgan fingerprint density at radius 2 is 0.821 bits per heavy atom. The first-order valence-electron chi connectivity index (χ1n) is 12.0. The maximum atomic E-state index is 11.9. The third kappa shape index (κ3) is 20.0. The molecule has 0 aliphatic rings. The second kappa shape index (κ2) is 20.3. The van der Waals surface area contributed by atoms with E-state index in [9.17, 15) is 28.8 Å². The molecule has 0 saturated carbocycles. The number of hydrogen-bond acceptors (Lipinski definition) is 15. The first kappa shape index (κ1) is 37.4. The Bertz CT molecular complexity index is 733. The van der Waals surface area contributed by atoms with Gasteiger partial charge in [0.25, 0.3) is 0 Å². The molecule has 3 unspecified atom stereocenters. The molecular weight excluding hydrogens is 576 g/mol. The zero-order valence-corrected chi connectivity index (χ0v) is 25.8. The Kier molecular flexibility index (Phi) is 19.4. The van der Waals surface area contributed by atoms with Crippen molar-refractivity contribution in [2.75, 3.05) is 37.1 Å². The lowest BCUT2D eigenvalue weighted by Crippen LogP contribution is -2.41. The van der Waals surface area contributed by atoms with Gasteiger partial charge in [0, 0.05) is 26.2 Å². The van der Waals surface area contributed by atoms with Crippen LogP contribution in [0.25, 0.3) is 0 Å². The molecule has 0 aliphatic carbocycles. The van der Waals surface area contributed by atoms with Crippen LogP contribution in [0.3, 0.4) is 0 Å². The first-order chi connectivity index (χ1) is 18.2. The summed E-state index contributed by atoms with van der Waals surface area (Å²) in [6, 6.07) is 0. The molecule has 0 fully saturated rings. The quantitative estimate of drug-likeness (QED) is 0.119. The van der Waals surface area contributed by atoms with Crippen LogP contribution in [-0.2, 0) is 57.2 Å². The lowest BCUT2D eigenvalue weighted by molar-refractivity contribution is -0.211. The van der Waals surface area contributed by atoms with Gasteiger partial charge in [-0.25, -0.2) is 0 Å². The molecule has 0 bridgehead atoms. The van der Waals surface area contributed by atoms with Crippen LogP contribution in [0, 0.1) is 5.41 Å². The molecular formula is C24H38O12S3. The van der Waals surface area contributed by atoms with Gasteiger partial charge < -0.3 is 28.4 Å². The SMILES string of the molecule is CCC(COC(C)OC(=O)CSC(C)=O)(COC(C)OC(=O)CSC(C)=O)COC(C)OC(=O)CSC(C)=O. The molecule has 0 aromatic carbocycles. The minimum atomic E-state index is -0.950. The minimum Gasteiger partial charge on any atom is -0.435 e. The van der Waals surface area contributed by atoms with E-state index < -0.39 is 42.2 Å². The number of thioether (sulfide) groups is 3. The van der Waals surface area contributed by atoms with Crippen molar-refractivity contribution in [2.24, 2.45) is 5.41 Å². The van der Waals surface area contributed by atoms with Crippen LogP contribution in [0.5, 0.6) is 0 Å². The van der Waals surface area contributed by atoms with Crippen molar-refractivity contribution in [3.63, 3.8) is 0 Å². The van der Waals surface area contributed by atoms with E-state index in [0.29, 0.717) is 6.42 Å². The van der Waals surface area contributed by atoms with Crippen molar-refractivity contribution in [2.45, 2.75) is 73.8 Å². The van der Waals surface area contributed by atoms with Crippen molar-refractivity contribution in [1.82, 2.24) is 0 Å².